The van der Waals surface area contributed by atoms with Crippen LogP contribution in [0.4, 0.5) is 5.69 Å². The zero-order chi connectivity index (χ0) is 14.6. The first kappa shape index (κ1) is 15.4. The topological polar surface area (TPSA) is 12.0 Å². The van der Waals surface area contributed by atoms with Crippen molar-refractivity contribution in [2.24, 2.45) is 5.92 Å². The van der Waals surface area contributed by atoms with Crippen molar-refractivity contribution in [1.82, 2.24) is 0 Å². The summed E-state index contributed by atoms with van der Waals surface area (Å²) in [6.07, 6.45) is 8.21. The normalized spacial score (nSPS) is 24.2. The summed E-state index contributed by atoms with van der Waals surface area (Å²) in [6.45, 7) is 9.24. The van der Waals surface area contributed by atoms with Crippen LogP contribution >= 0.6 is 0 Å². The standard InChI is InChI=1S/C19H31N/c1-5-15-9-8-10-16(14-13-15)20-18-12-7-6-11-17(18)19(2,3)4/h6-7,11-12,15-16,20H,5,8-10,13-14H2,1-4H3. The monoisotopic (exact) mass is 273 g/mol. The molecule has 0 amide bonds. The summed E-state index contributed by atoms with van der Waals surface area (Å²) >= 11 is 0. The molecule has 1 aromatic rings. The van der Waals surface area contributed by atoms with E-state index in [1.165, 1.54) is 49.8 Å². The predicted octanol–water partition coefficient (Wildman–Crippen LogP) is 5.75. The van der Waals surface area contributed by atoms with E-state index in [4.69, 9.17) is 0 Å². The number of hydrogen-bond acceptors (Lipinski definition) is 1. The second kappa shape index (κ2) is 6.65. The van der Waals surface area contributed by atoms with Crippen molar-refractivity contribution in [3.8, 4) is 0 Å². The molecular formula is C19H31N. The minimum atomic E-state index is 0.209. The molecule has 0 radical (unpaired) electrons. The average Bonchev–Trinajstić information content (AvgIpc) is 2.63. The number of hydrogen-bond donors (Lipinski definition) is 1. The van der Waals surface area contributed by atoms with Gasteiger partial charge in [0.25, 0.3) is 0 Å². The summed E-state index contributed by atoms with van der Waals surface area (Å²) in [5.74, 6) is 0.958. The molecule has 2 unspecified atom stereocenters. The molecule has 1 aromatic carbocycles. The van der Waals surface area contributed by atoms with Gasteiger partial charge >= 0.3 is 0 Å². The molecule has 0 aliphatic heterocycles. The number of para-hydroxylation sites is 1. The molecule has 0 heterocycles. The van der Waals surface area contributed by atoms with Crippen LogP contribution in [0, 0.1) is 5.92 Å². The quantitative estimate of drug-likeness (QED) is 0.691. The van der Waals surface area contributed by atoms with Gasteiger partial charge in [0.1, 0.15) is 0 Å². The number of rotatable bonds is 3. The van der Waals surface area contributed by atoms with Crippen LogP contribution in [0.25, 0.3) is 0 Å². The van der Waals surface area contributed by atoms with Crippen LogP contribution in [-0.4, -0.2) is 6.04 Å². The Morgan fingerprint density at radius 1 is 1.05 bits per heavy atom. The number of benzene rings is 1. The van der Waals surface area contributed by atoms with E-state index in [1.54, 1.807) is 0 Å². The molecule has 1 saturated carbocycles. The number of anilines is 1. The summed E-state index contributed by atoms with van der Waals surface area (Å²) in [4.78, 5) is 0. The lowest BCUT2D eigenvalue weighted by Crippen LogP contribution is -2.22. The second-order valence-corrected chi connectivity index (χ2v) is 7.42. The fourth-order valence-corrected chi connectivity index (χ4v) is 3.41. The molecule has 0 bridgehead atoms. The van der Waals surface area contributed by atoms with E-state index in [-0.39, 0.29) is 5.41 Å². The van der Waals surface area contributed by atoms with E-state index in [0.29, 0.717) is 6.04 Å². The molecule has 1 N–H and O–H groups in total. The minimum absolute atomic E-state index is 0.209. The van der Waals surface area contributed by atoms with Gasteiger partial charge in [0.15, 0.2) is 0 Å². The minimum Gasteiger partial charge on any atom is -0.382 e. The third-order valence-electron chi connectivity index (χ3n) is 4.76. The molecular weight excluding hydrogens is 242 g/mol. The first-order valence-electron chi connectivity index (χ1n) is 8.36. The molecule has 2 atom stereocenters. The van der Waals surface area contributed by atoms with E-state index in [1.807, 2.05) is 0 Å². The van der Waals surface area contributed by atoms with Crippen molar-refractivity contribution in [1.29, 1.82) is 0 Å². The largest absolute Gasteiger partial charge is 0.382 e. The lowest BCUT2D eigenvalue weighted by molar-refractivity contribution is 0.444. The van der Waals surface area contributed by atoms with Gasteiger partial charge in [0, 0.05) is 11.7 Å². The summed E-state index contributed by atoms with van der Waals surface area (Å²) in [7, 11) is 0. The molecule has 1 fully saturated rings. The SMILES string of the molecule is CCC1CCCC(Nc2ccccc2C(C)(C)C)CC1. The molecule has 1 heteroatoms. The van der Waals surface area contributed by atoms with Gasteiger partial charge in [-0.05, 0) is 42.2 Å². The van der Waals surface area contributed by atoms with Crippen LogP contribution in [0.15, 0.2) is 24.3 Å². The predicted molar refractivity (Wildman–Crippen MR) is 89.4 cm³/mol. The fourth-order valence-electron chi connectivity index (χ4n) is 3.41. The van der Waals surface area contributed by atoms with Gasteiger partial charge in [-0.1, -0.05) is 65.2 Å². The molecule has 0 saturated heterocycles. The third-order valence-corrected chi connectivity index (χ3v) is 4.76. The maximum atomic E-state index is 3.84. The fraction of sp³-hybridized carbons (Fsp3) is 0.684. The Balaban J connectivity index is 2.07. The Labute approximate surface area is 125 Å². The van der Waals surface area contributed by atoms with Crippen LogP contribution in [0.1, 0.15) is 71.8 Å². The Morgan fingerprint density at radius 2 is 1.80 bits per heavy atom. The smallest absolute Gasteiger partial charge is 0.0380 e. The highest BCUT2D eigenvalue weighted by molar-refractivity contribution is 5.54. The van der Waals surface area contributed by atoms with Crippen molar-refractivity contribution in [3.05, 3.63) is 29.8 Å². The van der Waals surface area contributed by atoms with Gasteiger partial charge in [-0.2, -0.15) is 0 Å². The van der Waals surface area contributed by atoms with Crippen molar-refractivity contribution < 1.29 is 0 Å². The zero-order valence-corrected chi connectivity index (χ0v) is 13.7. The lowest BCUT2D eigenvalue weighted by Gasteiger charge is -2.26. The van der Waals surface area contributed by atoms with E-state index < -0.39 is 0 Å². The van der Waals surface area contributed by atoms with Gasteiger partial charge in [0.05, 0.1) is 0 Å². The molecule has 1 aliphatic carbocycles. The molecule has 1 aliphatic rings. The second-order valence-electron chi connectivity index (χ2n) is 7.42. The Hall–Kier alpha value is -0.980. The van der Waals surface area contributed by atoms with E-state index in [0.717, 1.165) is 5.92 Å². The van der Waals surface area contributed by atoms with Crippen molar-refractivity contribution in [2.45, 2.75) is 77.7 Å². The maximum absolute atomic E-state index is 3.84. The zero-order valence-electron chi connectivity index (χ0n) is 13.7. The summed E-state index contributed by atoms with van der Waals surface area (Å²) in [6, 6.07) is 9.50. The highest BCUT2D eigenvalue weighted by Gasteiger charge is 2.21. The molecule has 2 rings (SSSR count). The van der Waals surface area contributed by atoms with Gasteiger partial charge in [-0.3, -0.25) is 0 Å². The molecule has 0 aromatic heterocycles. The number of nitrogens with one attached hydrogen (secondary N) is 1. The Kier molecular flexibility index (Phi) is 5.12. The van der Waals surface area contributed by atoms with Gasteiger partial charge in [0.2, 0.25) is 0 Å². The average molecular weight is 273 g/mol. The van der Waals surface area contributed by atoms with Gasteiger partial charge in [-0.25, -0.2) is 0 Å². The molecule has 112 valence electrons. The molecule has 0 spiro atoms. The molecule has 20 heavy (non-hydrogen) atoms. The van der Waals surface area contributed by atoms with E-state index in [2.05, 4.69) is 57.3 Å². The highest BCUT2D eigenvalue weighted by Crippen LogP contribution is 2.32. The van der Waals surface area contributed by atoms with Crippen LogP contribution in [0.5, 0.6) is 0 Å². The van der Waals surface area contributed by atoms with Gasteiger partial charge in [-0.15, -0.1) is 0 Å². The first-order valence-corrected chi connectivity index (χ1v) is 8.36. The summed E-state index contributed by atoms with van der Waals surface area (Å²) in [5.41, 5.74) is 3.00. The van der Waals surface area contributed by atoms with Crippen LogP contribution in [0.2, 0.25) is 0 Å². The summed E-state index contributed by atoms with van der Waals surface area (Å²) in [5, 5.41) is 3.84. The van der Waals surface area contributed by atoms with Crippen molar-refractivity contribution >= 4 is 5.69 Å². The van der Waals surface area contributed by atoms with Crippen molar-refractivity contribution in [3.63, 3.8) is 0 Å². The Morgan fingerprint density at radius 3 is 2.50 bits per heavy atom. The maximum Gasteiger partial charge on any atom is 0.0380 e. The van der Waals surface area contributed by atoms with Crippen LogP contribution < -0.4 is 5.32 Å². The van der Waals surface area contributed by atoms with E-state index in [9.17, 15) is 0 Å². The van der Waals surface area contributed by atoms with Crippen molar-refractivity contribution in [2.75, 3.05) is 5.32 Å². The highest BCUT2D eigenvalue weighted by atomic mass is 14.9. The van der Waals surface area contributed by atoms with E-state index >= 15 is 0 Å². The summed E-state index contributed by atoms with van der Waals surface area (Å²) < 4.78 is 0. The third kappa shape index (κ3) is 4.01. The Bertz CT molecular complexity index is 416. The van der Waals surface area contributed by atoms with Crippen LogP contribution in [0.3, 0.4) is 0 Å². The lowest BCUT2D eigenvalue weighted by atomic mass is 9.85. The van der Waals surface area contributed by atoms with Crippen LogP contribution in [-0.2, 0) is 5.41 Å². The van der Waals surface area contributed by atoms with Gasteiger partial charge < -0.3 is 5.32 Å². The first-order chi connectivity index (χ1) is 9.50. The molecule has 1 nitrogen and oxygen atoms in total.